The predicted octanol–water partition coefficient (Wildman–Crippen LogP) is 6.09. The Bertz CT molecular complexity index is 1270. The third-order valence-corrected chi connectivity index (χ3v) is 7.74. The van der Waals surface area contributed by atoms with Crippen molar-refractivity contribution in [1.29, 1.82) is 0 Å². The number of aryl methyl sites for hydroxylation is 3. The van der Waals surface area contributed by atoms with E-state index in [9.17, 15) is 23.1 Å². The molecule has 3 aromatic rings. The first kappa shape index (κ1) is 26.9. The summed E-state index contributed by atoms with van der Waals surface area (Å²) in [7, 11) is 1.63. The average Bonchev–Trinajstić information content (AvgIpc) is 2.88. The minimum Gasteiger partial charge on any atom is -0.497 e. The van der Waals surface area contributed by atoms with Gasteiger partial charge in [-0.1, -0.05) is 0 Å². The minimum atomic E-state index is -1.17. The van der Waals surface area contributed by atoms with Crippen LogP contribution in [-0.4, -0.2) is 47.7 Å². The maximum atomic E-state index is 13.9. The van der Waals surface area contributed by atoms with Gasteiger partial charge in [0.25, 0.3) is 0 Å². The Morgan fingerprint density at radius 3 is 2.57 bits per heavy atom. The summed E-state index contributed by atoms with van der Waals surface area (Å²) in [6.45, 7) is 3.90. The number of rotatable bonds is 10. The second-order valence-corrected chi connectivity index (χ2v) is 10.0. The topological polar surface area (TPSA) is 62.7 Å². The van der Waals surface area contributed by atoms with Gasteiger partial charge >= 0.3 is 5.97 Å². The molecule has 0 amide bonds. The van der Waals surface area contributed by atoms with Crippen LogP contribution in [0.25, 0.3) is 10.9 Å². The number of piperidine rings is 1. The fourth-order valence-corrected chi connectivity index (χ4v) is 5.45. The van der Waals surface area contributed by atoms with Gasteiger partial charge in [-0.2, -0.15) is 0 Å². The van der Waals surface area contributed by atoms with E-state index < -0.39 is 28.8 Å². The van der Waals surface area contributed by atoms with Crippen LogP contribution in [0.1, 0.15) is 48.8 Å². The lowest BCUT2D eigenvalue weighted by Gasteiger charge is -2.39. The van der Waals surface area contributed by atoms with Gasteiger partial charge in [-0.15, -0.1) is 0 Å². The number of fused-ring (bicyclic) bond motifs is 1. The van der Waals surface area contributed by atoms with Crippen molar-refractivity contribution in [2.45, 2.75) is 51.9 Å². The van der Waals surface area contributed by atoms with Crippen molar-refractivity contribution in [2.24, 2.45) is 5.41 Å². The predicted molar refractivity (Wildman–Crippen MR) is 136 cm³/mol. The number of carboxylic acid groups (broad SMARTS) is 1. The van der Waals surface area contributed by atoms with Crippen LogP contribution in [0.15, 0.2) is 36.5 Å². The maximum absolute atomic E-state index is 13.9. The SMILES string of the molecule is COc1ccc2ncc(C)c(CCCC3(C(=O)O)CCN(CCCc4cc(F)cc(F)c4F)CC3)c2c1. The van der Waals surface area contributed by atoms with Crippen LogP contribution in [0.2, 0.25) is 0 Å². The summed E-state index contributed by atoms with van der Waals surface area (Å²) in [4.78, 5) is 19.0. The molecule has 0 aliphatic carbocycles. The van der Waals surface area contributed by atoms with Crippen LogP contribution in [-0.2, 0) is 17.6 Å². The number of hydrogen-bond acceptors (Lipinski definition) is 4. The fourth-order valence-electron chi connectivity index (χ4n) is 5.45. The van der Waals surface area contributed by atoms with Crippen LogP contribution in [0.4, 0.5) is 13.2 Å². The number of pyridine rings is 1. The van der Waals surface area contributed by atoms with Gasteiger partial charge in [0.15, 0.2) is 11.6 Å². The van der Waals surface area contributed by atoms with Crippen molar-refractivity contribution < 1.29 is 27.8 Å². The van der Waals surface area contributed by atoms with Gasteiger partial charge in [-0.25, -0.2) is 13.2 Å². The Hall–Kier alpha value is -3.13. The molecule has 5 nitrogen and oxygen atoms in total. The van der Waals surface area contributed by atoms with Gasteiger partial charge in [0, 0.05) is 17.6 Å². The Balaban J connectivity index is 1.33. The van der Waals surface area contributed by atoms with E-state index >= 15 is 0 Å². The average molecular weight is 515 g/mol. The molecular weight excluding hydrogens is 481 g/mol. The zero-order valence-corrected chi connectivity index (χ0v) is 21.3. The number of carbonyl (C=O) groups is 1. The molecule has 37 heavy (non-hydrogen) atoms. The molecule has 1 N–H and O–H groups in total. The Kier molecular flexibility index (Phi) is 8.37. The molecule has 1 aliphatic heterocycles. The first-order valence-corrected chi connectivity index (χ1v) is 12.7. The van der Waals surface area contributed by atoms with Crippen LogP contribution in [0.5, 0.6) is 5.75 Å². The first-order chi connectivity index (χ1) is 17.7. The molecule has 1 aliphatic rings. The molecular formula is C29H33F3N2O3. The zero-order chi connectivity index (χ0) is 26.6. The third kappa shape index (κ3) is 6.06. The van der Waals surface area contributed by atoms with Crippen molar-refractivity contribution in [3.05, 3.63) is 70.7 Å². The van der Waals surface area contributed by atoms with E-state index in [1.54, 1.807) is 7.11 Å². The number of hydrogen-bond donors (Lipinski definition) is 1. The van der Waals surface area contributed by atoms with E-state index in [4.69, 9.17) is 4.74 Å². The summed E-state index contributed by atoms with van der Waals surface area (Å²) >= 11 is 0. The lowest BCUT2D eigenvalue weighted by atomic mass is 9.74. The van der Waals surface area contributed by atoms with E-state index in [2.05, 4.69) is 9.88 Å². The number of halogens is 3. The first-order valence-electron chi connectivity index (χ1n) is 12.7. The molecule has 0 spiro atoms. The third-order valence-electron chi connectivity index (χ3n) is 7.74. The molecule has 0 radical (unpaired) electrons. The maximum Gasteiger partial charge on any atom is 0.309 e. The molecule has 0 unspecified atom stereocenters. The van der Waals surface area contributed by atoms with Gasteiger partial charge in [-0.05, 0) is 112 Å². The molecule has 1 fully saturated rings. The van der Waals surface area contributed by atoms with Crippen LogP contribution in [0, 0.1) is 29.8 Å². The summed E-state index contributed by atoms with van der Waals surface area (Å²) < 4.78 is 46.1. The Morgan fingerprint density at radius 1 is 1.11 bits per heavy atom. The molecule has 0 saturated carbocycles. The number of benzene rings is 2. The van der Waals surface area contributed by atoms with E-state index in [0.717, 1.165) is 41.1 Å². The van der Waals surface area contributed by atoms with Gasteiger partial charge in [0.1, 0.15) is 11.6 Å². The van der Waals surface area contributed by atoms with Crippen molar-refractivity contribution in [2.75, 3.05) is 26.7 Å². The Labute approximate surface area is 215 Å². The van der Waals surface area contributed by atoms with Crippen LogP contribution < -0.4 is 4.74 Å². The highest BCUT2D eigenvalue weighted by Gasteiger charge is 2.40. The molecule has 198 valence electrons. The van der Waals surface area contributed by atoms with Crippen molar-refractivity contribution >= 4 is 16.9 Å². The van der Waals surface area contributed by atoms with E-state index in [1.807, 2.05) is 31.3 Å². The number of nitrogens with zero attached hydrogens (tertiary/aromatic N) is 2. The highest BCUT2D eigenvalue weighted by molar-refractivity contribution is 5.84. The van der Waals surface area contributed by atoms with E-state index in [-0.39, 0.29) is 12.0 Å². The number of methoxy groups -OCH3 is 1. The minimum absolute atomic E-state index is 0.0333. The number of aromatic nitrogens is 1. The van der Waals surface area contributed by atoms with Crippen LogP contribution in [0.3, 0.4) is 0 Å². The highest BCUT2D eigenvalue weighted by atomic mass is 19.2. The molecule has 0 atom stereocenters. The molecule has 2 aromatic carbocycles. The summed E-state index contributed by atoms with van der Waals surface area (Å²) in [5, 5.41) is 11.2. The molecule has 4 rings (SSSR count). The quantitative estimate of drug-likeness (QED) is 0.332. The lowest BCUT2D eigenvalue weighted by molar-refractivity contribution is -0.152. The molecule has 2 heterocycles. The number of carboxylic acids is 1. The molecule has 1 aromatic heterocycles. The lowest BCUT2D eigenvalue weighted by Crippen LogP contribution is -2.44. The van der Waals surface area contributed by atoms with Gasteiger partial charge in [0.2, 0.25) is 0 Å². The van der Waals surface area contributed by atoms with Crippen molar-refractivity contribution in [3.8, 4) is 5.75 Å². The number of aliphatic carboxylic acids is 1. The summed E-state index contributed by atoms with van der Waals surface area (Å²) in [6, 6.07) is 7.39. The van der Waals surface area contributed by atoms with Gasteiger partial charge in [-0.3, -0.25) is 9.78 Å². The van der Waals surface area contributed by atoms with Crippen molar-refractivity contribution in [3.63, 3.8) is 0 Å². The standard InChI is InChI=1S/C29H33F3N2O3/c1-19-18-33-26-8-7-22(37-2)17-24(26)23(19)6-3-9-29(28(35)36)10-13-34(14-11-29)12-4-5-20-15-21(30)16-25(31)27(20)32/h7-8,15-18H,3-6,9-14H2,1-2H3,(H,35,36). The summed E-state index contributed by atoms with van der Waals surface area (Å²) in [5.74, 6) is -2.95. The van der Waals surface area contributed by atoms with E-state index in [0.29, 0.717) is 51.4 Å². The summed E-state index contributed by atoms with van der Waals surface area (Å²) in [5.41, 5.74) is 2.40. The van der Waals surface area contributed by atoms with Crippen molar-refractivity contribution in [1.82, 2.24) is 9.88 Å². The smallest absolute Gasteiger partial charge is 0.309 e. The second kappa shape index (κ2) is 11.5. The van der Waals surface area contributed by atoms with Gasteiger partial charge in [0.05, 0.1) is 18.0 Å². The number of likely N-dealkylation sites (tertiary alicyclic amines) is 1. The molecule has 0 bridgehead atoms. The summed E-state index contributed by atoms with van der Waals surface area (Å²) in [6.07, 6.45) is 5.78. The number of ether oxygens (including phenoxy) is 1. The normalized spacial score (nSPS) is 15.7. The van der Waals surface area contributed by atoms with E-state index in [1.165, 1.54) is 5.56 Å². The largest absolute Gasteiger partial charge is 0.497 e. The molecule has 8 heteroatoms. The fraction of sp³-hybridized carbons (Fsp3) is 0.448. The monoisotopic (exact) mass is 514 g/mol. The van der Waals surface area contributed by atoms with Gasteiger partial charge < -0.3 is 14.7 Å². The Morgan fingerprint density at radius 2 is 1.86 bits per heavy atom. The highest BCUT2D eigenvalue weighted by Crippen LogP contribution is 2.38. The van der Waals surface area contributed by atoms with Crippen LogP contribution >= 0.6 is 0 Å². The molecule has 1 saturated heterocycles. The zero-order valence-electron chi connectivity index (χ0n) is 21.3. The second-order valence-electron chi connectivity index (χ2n) is 10.0.